The minimum Gasteiger partial charge on any atom is -0.463 e. The zero-order valence-corrected chi connectivity index (χ0v) is 17.6. The molecule has 124 valence electrons. The summed E-state index contributed by atoms with van der Waals surface area (Å²) in [4.78, 5) is 13.7. The van der Waals surface area contributed by atoms with Gasteiger partial charge in [-0.1, -0.05) is 29.9 Å². The van der Waals surface area contributed by atoms with E-state index in [1.807, 2.05) is 32.1 Å². The van der Waals surface area contributed by atoms with Crippen molar-refractivity contribution in [3.8, 4) is 0 Å². The van der Waals surface area contributed by atoms with Gasteiger partial charge in [-0.2, -0.15) is 0 Å². The lowest BCUT2D eigenvalue weighted by atomic mass is 10.2. The van der Waals surface area contributed by atoms with Crippen LogP contribution in [0.4, 0.5) is 0 Å². The molecule has 1 rings (SSSR count). The van der Waals surface area contributed by atoms with E-state index in [4.69, 9.17) is 4.74 Å². The van der Waals surface area contributed by atoms with Gasteiger partial charge in [0.2, 0.25) is 0 Å². The van der Waals surface area contributed by atoms with Gasteiger partial charge in [-0.15, -0.1) is 11.3 Å². The summed E-state index contributed by atoms with van der Waals surface area (Å²) in [5.41, 5.74) is 1.98. The first-order valence-electron chi connectivity index (χ1n) is 7.17. The van der Waals surface area contributed by atoms with Gasteiger partial charge in [-0.05, 0) is 71.2 Å². The number of esters is 1. The molecule has 0 amide bonds. The van der Waals surface area contributed by atoms with Crippen LogP contribution < -0.4 is 0 Å². The molecule has 0 radical (unpaired) electrons. The van der Waals surface area contributed by atoms with Gasteiger partial charge < -0.3 is 4.74 Å². The number of allylic oxidation sites excluding steroid dienone is 6. The van der Waals surface area contributed by atoms with E-state index in [1.165, 1.54) is 15.8 Å². The molecule has 0 unspecified atom stereocenters. The van der Waals surface area contributed by atoms with Gasteiger partial charge in [0.15, 0.2) is 0 Å². The molecule has 0 aliphatic carbocycles. The van der Waals surface area contributed by atoms with Crippen molar-refractivity contribution in [3.05, 3.63) is 60.2 Å². The Bertz CT molecular complexity index is 679. The van der Waals surface area contributed by atoms with E-state index in [1.54, 1.807) is 18.3 Å². The van der Waals surface area contributed by atoms with Crippen molar-refractivity contribution in [1.82, 2.24) is 0 Å². The van der Waals surface area contributed by atoms with Crippen molar-refractivity contribution in [2.24, 2.45) is 0 Å². The average Bonchev–Trinajstić information content (AvgIpc) is 2.72. The van der Waals surface area contributed by atoms with Gasteiger partial charge in [-0.25, -0.2) is 4.79 Å². The number of hydrogen-bond donors (Lipinski definition) is 0. The van der Waals surface area contributed by atoms with Crippen molar-refractivity contribution in [3.63, 3.8) is 0 Å². The Kier molecular flexibility index (Phi) is 8.81. The van der Waals surface area contributed by atoms with Crippen LogP contribution in [-0.2, 0) is 9.53 Å². The summed E-state index contributed by atoms with van der Waals surface area (Å²) < 4.78 is 7.07. The molecule has 5 heteroatoms. The van der Waals surface area contributed by atoms with Gasteiger partial charge >= 0.3 is 5.97 Å². The molecule has 0 spiro atoms. The first kappa shape index (κ1) is 20.1. The highest BCUT2D eigenvalue weighted by Crippen LogP contribution is 2.37. The highest BCUT2D eigenvalue weighted by Gasteiger charge is 2.08. The molecule has 1 heterocycles. The zero-order chi connectivity index (χ0) is 17.4. The summed E-state index contributed by atoms with van der Waals surface area (Å²) in [6.07, 6.45) is 11.5. The van der Waals surface area contributed by atoms with E-state index >= 15 is 0 Å². The first-order valence-corrected chi connectivity index (χ1v) is 9.57. The third-order valence-electron chi connectivity index (χ3n) is 2.83. The Balaban J connectivity index is 2.70. The predicted octanol–water partition coefficient (Wildman–Crippen LogP) is 6.61. The van der Waals surface area contributed by atoms with Crippen LogP contribution in [0.15, 0.2) is 50.5 Å². The fourth-order valence-electron chi connectivity index (χ4n) is 1.66. The molecule has 0 aliphatic rings. The molecule has 0 saturated heterocycles. The Hall–Kier alpha value is -0.910. The minimum absolute atomic E-state index is 0.307. The smallest absolute Gasteiger partial charge is 0.330 e. The summed E-state index contributed by atoms with van der Waals surface area (Å²) in [5.74, 6) is -0.307. The molecule has 1 aromatic rings. The van der Waals surface area contributed by atoms with Crippen LogP contribution >= 0.6 is 43.2 Å². The fraction of sp³-hybridized carbons (Fsp3) is 0.278. The van der Waals surface area contributed by atoms with E-state index < -0.39 is 0 Å². The summed E-state index contributed by atoms with van der Waals surface area (Å²) in [7, 11) is 0. The summed E-state index contributed by atoms with van der Waals surface area (Å²) in [6.45, 7) is 8.18. The van der Waals surface area contributed by atoms with Crippen LogP contribution in [0.3, 0.4) is 0 Å². The van der Waals surface area contributed by atoms with Crippen molar-refractivity contribution >= 4 is 55.2 Å². The number of hydrogen-bond acceptors (Lipinski definition) is 3. The molecule has 0 N–H and O–H groups in total. The van der Waals surface area contributed by atoms with Gasteiger partial charge in [0.25, 0.3) is 0 Å². The molecule has 2 nitrogen and oxygen atoms in total. The monoisotopic (exact) mass is 458 g/mol. The Morgan fingerprint density at radius 2 is 1.87 bits per heavy atom. The van der Waals surface area contributed by atoms with E-state index in [0.29, 0.717) is 6.61 Å². The van der Waals surface area contributed by atoms with Crippen LogP contribution in [0.5, 0.6) is 0 Å². The number of carbonyl (C=O) groups excluding carboxylic acids is 1. The van der Waals surface area contributed by atoms with Crippen LogP contribution in [-0.4, -0.2) is 12.6 Å². The molecule has 23 heavy (non-hydrogen) atoms. The van der Waals surface area contributed by atoms with E-state index in [-0.39, 0.29) is 5.97 Å². The highest BCUT2D eigenvalue weighted by molar-refractivity contribution is 9.13. The van der Waals surface area contributed by atoms with Crippen LogP contribution in [0.2, 0.25) is 0 Å². The maximum atomic E-state index is 11.3. The Morgan fingerprint density at radius 3 is 2.43 bits per heavy atom. The molecule has 0 aromatic carbocycles. The number of thiophene rings is 1. The van der Waals surface area contributed by atoms with E-state index in [9.17, 15) is 4.79 Å². The number of halogens is 2. The molecule has 0 aliphatic heterocycles. The minimum atomic E-state index is -0.307. The lowest BCUT2D eigenvalue weighted by Gasteiger charge is -1.96. The predicted molar refractivity (Wildman–Crippen MR) is 107 cm³/mol. The van der Waals surface area contributed by atoms with Crippen LogP contribution in [0.1, 0.15) is 30.5 Å². The lowest BCUT2D eigenvalue weighted by Crippen LogP contribution is -1.99. The van der Waals surface area contributed by atoms with E-state index in [0.717, 1.165) is 20.1 Å². The summed E-state index contributed by atoms with van der Waals surface area (Å²) in [5, 5.41) is 0. The third kappa shape index (κ3) is 7.02. The number of ether oxygens (including phenoxy) is 1. The second-order valence-electron chi connectivity index (χ2n) is 4.89. The molecule has 1 aromatic heterocycles. The molecular weight excluding hydrogens is 440 g/mol. The number of aryl methyl sites for hydroxylation is 1. The van der Waals surface area contributed by atoms with Crippen molar-refractivity contribution in [2.45, 2.75) is 27.7 Å². The van der Waals surface area contributed by atoms with Crippen LogP contribution in [0.25, 0.3) is 6.08 Å². The maximum Gasteiger partial charge on any atom is 0.330 e. The third-order valence-corrected chi connectivity index (χ3v) is 6.77. The lowest BCUT2D eigenvalue weighted by molar-refractivity contribution is -0.137. The molecule has 0 saturated carbocycles. The summed E-state index contributed by atoms with van der Waals surface area (Å²) in [6, 6.07) is 0. The first-order chi connectivity index (χ1) is 10.8. The quantitative estimate of drug-likeness (QED) is 0.272. The van der Waals surface area contributed by atoms with Gasteiger partial charge in [0.1, 0.15) is 0 Å². The molecule has 0 atom stereocenters. The molecule has 0 bridgehead atoms. The van der Waals surface area contributed by atoms with Crippen molar-refractivity contribution < 1.29 is 9.53 Å². The van der Waals surface area contributed by atoms with Gasteiger partial charge in [0, 0.05) is 20.3 Å². The summed E-state index contributed by atoms with van der Waals surface area (Å²) >= 11 is 8.88. The topological polar surface area (TPSA) is 26.3 Å². The maximum absolute atomic E-state index is 11.3. The fourth-order valence-corrected chi connectivity index (χ4v) is 3.90. The standard InChI is InChI=1S/C18H20Br2O2S/c1-5-22-16(21)11-13(3)8-6-7-12(2)9-10-15-18(20)17(19)14(4)23-15/h6-11H,5H2,1-4H3. The van der Waals surface area contributed by atoms with Crippen molar-refractivity contribution in [1.29, 1.82) is 0 Å². The normalized spacial score (nSPS) is 13.3. The number of rotatable bonds is 6. The largest absolute Gasteiger partial charge is 0.463 e. The van der Waals surface area contributed by atoms with Crippen molar-refractivity contribution in [2.75, 3.05) is 6.61 Å². The van der Waals surface area contributed by atoms with Gasteiger partial charge in [-0.3, -0.25) is 0 Å². The van der Waals surface area contributed by atoms with Crippen LogP contribution in [0, 0.1) is 6.92 Å². The van der Waals surface area contributed by atoms with Gasteiger partial charge in [0.05, 0.1) is 11.1 Å². The average molecular weight is 460 g/mol. The Labute approximate surface area is 158 Å². The second-order valence-corrected chi connectivity index (χ2v) is 7.74. The second kappa shape index (κ2) is 10.1. The number of carbonyl (C=O) groups is 1. The highest BCUT2D eigenvalue weighted by atomic mass is 79.9. The molecule has 0 fully saturated rings. The Morgan fingerprint density at radius 1 is 1.17 bits per heavy atom. The SMILES string of the molecule is CCOC(=O)C=C(C)C=CC=C(C)C=Cc1sc(C)c(Br)c1Br. The molecular formula is C18H20Br2O2S. The zero-order valence-electron chi connectivity index (χ0n) is 13.7. The van der Waals surface area contributed by atoms with E-state index in [2.05, 4.69) is 50.9 Å².